The number of imide groups is 1. The molecule has 1 aliphatic carbocycles. The molecule has 0 radical (unpaired) electrons. The number of rotatable bonds is 7. The zero-order valence-corrected chi connectivity index (χ0v) is 20.7. The smallest absolute Gasteiger partial charge is 0.263 e. The van der Waals surface area contributed by atoms with Gasteiger partial charge in [-0.15, -0.1) is 0 Å². The highest BCUT2D eigenvalue weighted by atomic mass is 16.5. The van der Waals surface area contributed by atoms with Gasteiger partial charge in [0.2, 0.25) is 0 Å². The third-order valence-electron chi connectivity index (χ3n) is 7.68. The quantitative estimate of drug-likeness (QED) is 0.292. The maximum Gasteiger partial charge on any atom is 0.263 e. The molecular formula is C30H31N3O3. The van der Waals surface area contributed by atoms with Gasteiger partial charge in [0.05, 0.1) is 16.8 Å². The Morgan fingerprint density at radius 3 is 2.42 bits per heavy atom. The van der Waals surface area contributed by atoms with Gasteiger partial charge in [-0.05, 0) is 52.8 Å². The van der Waals surface area contributed by atoms with Crippen molar-refractivity contribution in [2.24, 2.45) is 0 Å². The van der Waals surface area contributed by atoms with Crippen LogP contribution in [0.25, 0.3) is 11.1 Å². The molecule has 0 saturated carbocycles. The number of hydrogen-bond donors (Lipinski definition) is 0. The highest BCUT2D eigenvalue weighted by Crippen LogP contribution is 2.37. The number of nitrogens with zero attached hydrogens (tertiary/aromatic N) is 3. The van der Waals surface area contributed by atoms with Gasteiger partial charge >= 0.3 is 0 Å². The van der Waals surface area contributed by atoms with Crippen molar-refractivity contribution in [2.75, 3.05) is 51.3 Å². The van der Waals surface area contributed by atoms with Crippen LogP contribution in [0.2, 0.25) is 0 Å². The summed E-state index contributed by atoms with van der Waals surface area (Å²) in [5.41, 5.74) is 8.89. The first-order valence-corrected chi connectivity index (χ1v) is 12.8. The summed E-state index contributed by atoms with van der Waals surface area (Å²) in [4.78, 5) is 32.2. The first-order chi connectivity index (χ1) is 17.6. The van der Waals surface area contributed by atoms with Gasteiger partial charge in [-0.3, -0.25) is 19.4 Å². The number of carbonyl (C=O) groups is 2. The van der Waals surface area contributed by atoms with Gasteiger partial charge in [-0.2, -0.15) is 0 Å². The largest absolute Gasteiger partial charge is 0.385 e. The maximum atomic E-state index is 13.2. The van der Waals surface area contributed by atoms with E-state index in [1.165, 1.54) is 32.7 Å². The van der Waals surface area contributed by atoms with Gasteiger partial charge < -0.3 is 9.64 Å². The van der Waals surface area contributed by atoms with Crippen molar-refractivity contribution in [3.63, 3.8) is 0 Å². The molecule has 0 spiro atoms. The lowest BCUT2D eigenvalue weighted by molar-refractivity contribution is 0.0639. The molecule has 2 aliphatic heterocycles. The molecular weight excluding hydrogens is 450 g/mol. The number of benzene rings is 3. The summed E-state index contributed by atoms with van der Waals surface area (Å²) in [6.07, 6.45) is 1.66. The average molecular weight is 482 g/mol. The summed E-state index contributed by atoms with van der Waals surface area (Å²) in [6, 6.07) is 21.3. The summed E-state index contributed by atoms with van der Waals surface area (Å²) in [5.74, 6) is -0.367. The Balaban J connectivity index is 1.12. The zero-order chi connectivity index (χ0) is 24.6. The van der Waals surface area contributed by atoms with Gasteiger partial charge in [-0.25, -0.2) is 0 Å². The molecule has 0 aromatic heterocycles. The average Bonchev–Trinajstić information content (AvgIpc) is 3.39. The number of carbonyl (C=O) groups excluding carboxylic acids is 2. The second-order valence-corrected chi connectivity index (χ2v) is 9.90. The van der Waals surface area contributed by atoms with E-state index in [2.05, 4.69) is 52.3 Å². The summed E-state index contributed by atoms with van der Waals surface area (Å²) in [5, 5.41) is 0. The predicted octanol–water partition coefficient (Wildman–Crippen LogP) is 4.21. The third-order valence-corrected chi connectivity index (χ3v) is 7.68. The Labute approximate surface area is 212 Å². The normalized spacial score (nSPS) is 16.9. The van der Waals surface area contributed by atoms with E-state index in [4.69, 9.17) is 4.74 Å². The fraction of sp³-hybridized carbons (Fsp3) is 0.333. The third kappa shape index (κ3) is 4.00. The monoisotopic (exact) mass is 481 g/mol. The number of ether oxygens (including phenoxy) is 1. The Hall–Kier alpha value is -3.48. The van der Waals surface area contributed by atoms with Crippen LogP contribution < -0.4 is 4.90 Å². The Bertz CT molecular complexity index is 1330. The molecule has 0 N–H and O–H groups in total. The molecule has 0 bridgehead atoms. The van der Waals surface area contributed by atoms with Gasteiger partial charge in [0.1, 0.15) is 0 Å². The minimum atomic E-state index is -0.189. The van der Waals surface area contributed by atoms with Crippen molar-refractivity contribution >= 4 is 17.5 Å². The lowest BCUT2D eigenvalue weighted by atomic mass is 10.0. The fourth-order valence-corrected chi connectivity index (χ4v) is 5.85. The summed E-state index contributed by atoms with van der Waals surface area (Å²) >= 11 is 0. The SMILES string of the molecule is COCCCN1C(=O)c2cccc(N3CCN(Cc4ccc5c(c4)Cc4ccccc4-5)CC3)c2C1=O. The number of fused-ring (bicyclic) bond motifs is 4. The summed E-state index contributed by atoms with van der Waals surface area (Å²) < 4.78 is 5.10. The molecule has 2 amide bonds. The van der Waals surface area contributed by atoms with E-state index in [1.807, 2.05) is 12.1 Å². The van der Waals surface area contributed by atoms with E-state index in [0.717, 1.165) is 44.8 Å². The molecule has 3 aromatic carbocycles. The first kappa shape index (κ1) is 23.0. The topological polar surface area (TPSA) is 53.1 Å². The summed E-state index contributed by atoms with van der Waals surface area (Å²) in [7, 11) is 1.63. The molecule has 1 fully saturated rings. The molecule has 0 unspecified atom stereocenters. The lowest BCUT2D eigenvalue weighted by Crippen LogP contribution is -2.46. The number of amides is 2. The fourth-order valence-electron chi connectivity index (χ4n) is 5.85. The molecule has 0 atom stereocenters. The second-order valence-electron chi connectivity index (χ2n) is 9.90. The molecule has 3 aliphatic rings. The first-order valence-electron chi connectivity index (χ1n) is 12.8. The van der Waals surface area contributed by atoms with Gasteiger partial charge in [0.15, 0.2) is 0 Å². The van der Waals surface area contributed by atoms with Crippen molar-refractivity contribution in [1.82, 2.24) is 9.80 Å². The van der Waals surface area contributed by atoms with Crippen molar-refractivity contribution in [3.05, 3.63) is 88.5 Å². The van der Waals surface area contributed by atoms with Crippen LogP contribution in [0.5, 0.6) is 0 Å². The number of anilines is 1. The molecule has 6 nitrogen and oxygen atoms in total. The van der Waals surface area contributed by atoms with Gasteiger partial charge in [-0.1, -0.05) is 48.5 Å². The minimum absolute atomic E-state index is 0.178. The molecule has 184 valence electrons. The van der Waals surface area contributed by atoms with Crippen LogP contribution in [0.4, 0.5) is 5.69 Å². The predicted molar refractivity (Wildman–Crippen MR) is 140 cm³/mol. The van der Waals surface area contributed by atoms with E-state index in [9.17, 15) is 9.59 Å². The molecule has 1 saturated heterocycles. The summed E-state index contributed by atoms with van der Waals surface area (Å²) in [6.45, 7) is 5.34. The van der Waals surface area contributed by atoms with E-state index in [-0.39, 0.29) is 11.8 Å². The molecule has 2 heterocycles. The van der Waals surface area contributed by atoms with Crippen molar-refractivity contribution < 1.29 is 14.3 Å². The highest BCUT2D eigenvalue weighted by Gasteiger charge is 2.38. The van der Waals surface area contributed by atoms with E-state index in [0.29, 0.717) is 30.7 Å². The highest BCUT2D eigenvalue weighted by molar-refractivity contribution is 6.23. The van der Waals surface area contributed by atoms with Crippen LogP contribution in [-0.4, -0.2) is 68.1 Å². The van der Waals surface area contributed by atoms with Crippen LogP contribution >= 0.6 is 0 Å². The van der Waals surface area contributed by atoms with Crippen LogP contribution in [0.15, 0.2) is 60.7 Å². The Morgan fingerprint density at radius 1 is 0.806 bits per heavy atom. The maximum absolute atomic E-state index is 13.2. The minimum Gasteiger partial charge on any atom is -0.385 e. The molecule has 36 heavy (non-hydrogen) atoms. The van der Waals surface area contributed by atoms with Crippen LogP contribution in [-0.2, 0) is 17.7 Å². The van der Waals surface area contributed by atoms with Gasteiger partial charge in [0, 0.05) is 53.0 Å². The van der Waals surface area contributed by atoms with Crippen molar-refractivity contribution in [2.45, 2.75) is 19.4 Å². The number of hydrogen-bond acceptors (Lipinski definition) is 5. The van der Waals surface area contributed by atoms with Crippen LogP contribution in [0, 0.1) is 0 Å². The second kappa shape index (κ2) is 9.52. The van der Waals surface area contributed by atoms with Crippen LogP contribution in [0.3, 0.4) is 0 Å². The molecule has 6 rings (SSSR count). The van der Waals surface area contributed by atoms with Crippen molar-refractivity contribution in [3.8, 4) is 11.1 Å². The standard InChI is InChI=1S/C30H31N3O3/c1-36-17-5-12-33-29(34)26-8-4-9-27(28(26)30(33)35)32-15-13-31(14-16-32)20-21-10-11-25-23(18-21)19-22-6-2-3-7-24(22)25/h2-4,6-11,18H,5,12-17,19-20H2,1H3. The number of methoxy groups -OCH3 is 1. The zero-order valence-electron chi connectivity index (χ0n) is 20.7. The van der Waals surface area contributed by atoms with Crippen LogP contribution in [0.1, 0.15) is 43.8 Å². The van der Waals surface area contributed by atoms with E-state index >= 15 is 0 Å². The molecule has 3 aromatic rings. The number of piperazine rings is 1. The van der Waals surface area contributed by atoms with E-state index < -0.39 is 0 Å². The molecule has 6 heteroatoms. The Kier molecular flexibility index (Phi) is 6.07. The van der Waals surface area contributed by atoms with Gasteiger partial charge in [0.25, 0.3) is 11.8 Å². The van der Waals surface area contributed by atoms with Crippen molar-refractivity contribution in [1.29, 1.82) is 0 Å². The Morgan fingerprint density at radius 2 is 1.58 bits per heavy atom. The van der Waals surface area contributed by atoms with E-state index in [1.54, 1.807) is 13.2 Å². The lowest BCUT2D eigenvalue weighted by Gasteiger charge is -2.36.